The number of esters is 1. The molecule has 0 N–H and O–H groups in total. The molecule has 0 atom stereocenters. The Kier molecular flexibility index (Phi) is 17.4. The predicted molar refractivity (Wildman–Crippen MR) is 50.7 cm³/mol. The van der Waals surface area contributed by atoms with E-state index in [9.17, 15) is 4.79 Å². The molecule has 0 spiro atoms. The van der Waals surface area contributed by atoms with E-state index in [1.807, 2.05) is 6.92 Å². The van der Waals surface area contributed by atoms with E-state index in [-0.39, 0.29) is 23.0 Å². The molecule has 0 amide bonds. The average Bonchev–Trinajstić information content (AvgIpc) is 2.73. The first-order chi connectivity index (χ1) is 6.81. The van der Waals surface area contributed by atoms with Crippen molar-refractivity contribution in [1.29, 1.82) is 0 Å². The number of rotatable bonds is 4. The molecule has 1 saturated heterocycles. The van der Waals surface area contributed by atoms with Crippen LogP contribution in [0.3, 0.4) is 0 Å². The van der Waals surface area contributed by atoms with Gasteiger partial charge in [0.2, 0.25) is 0 Å². The van der Waals surface area contributed by atoms with Crippen LogP contribution < -0.4 is 17.0 Å². The second-order valence-electron chi connectivity index (χ2n) is 3.08. The summed E-state index contributed by atoms with van der Waals surface area (Å²) < 4.78 is 9.66. The minimum atomic E-state index is -0.0500. The largest absolute Gasteiger partial charge is 1.00 e. The zero-order valence-electron chi connectivity index (χ0n) is 9.47. The first kappa shape index (κ1) is 17.9. The Morgan fingerprint density at radius 3 is 2.33 bits per heavy atom. The Morgan fingerprint density at radius 1 is 1.40 bits per heavy atom. The van der Waals surface area contributed by atoms with Crippen molar-refractivity contribution in [3.8, 4) is 0 Å². The SMILES string of the molecule is C1CCOC1.CCOC(=O)CC[CH2][Zn+].[Br-]. The molecule has 1 aliphatic heterocycles. The van der Waals surface area contributed by atoms with Gasteiger partial charge >= 0.3 is 65.2 Å². The van der Waals surface area contributed by atoms with E-state index in [4.69, 9.17) is 9.47 Å². The molecule has 0 aromatic heterocycles. The van der Waals surface area contributed by atoms with Crippen molar-refractivity contribution in [2.24, 2.45) is 0 Å². The molecule has 1 heterocycles. The molecular weight excluding hydrogens is 313 g/mol. The van der Waals surface area contributed by atoms with Gasteiger partial charge in [-0.15, -0.1) is 0 Å². The fraction of sp³-hybridized carbons (Fsp3) is 0.900. The van der Waals surface area contributed by atoms with Gasteiger partial charge in [0.15, 0.2) is 0 Å². The van der Waals surface area contributed by atoms with Crippen LogP contribution in [0.4, 0.5) is 0 Å². The number of hydrogen-bond acceptors (Lipinski definition) is 3. The summed E-state index contributed by atoms with van der Waals surface area (Å²) in [6.07, 6.45) is 4.16. The van der Waals surface area contributed by atoms with Gasteiger partial charge in [0.25, 0.3) is 0 Å². The van der Waals surface area contributed by atoms with Crippen LogP contribution in [0.2, 0.25) is 5.02 Å². The second-order valence-corrected chi connectivity index (χ2v) is 4.57. The van der Waals surface area contributed by atoms with E-state index in [0.717, 1.165) is 19.6 Å². The molecule has 86 valence electrons. The number of halogens is 1. The number of ether oxygens (including phenoxy) is 2. The van der Waals surface area contributed by atoms with Gasteiger partial charge < -0.3 is 21.7 Å². The van der Waals surface area contributed by atoms with Gasteiger partial charge in [-0.25, -0.2) is 0 Å². The fourth-order valence-corrected chi connectivity index (χ4v) is 1.54. The van der Waals surface area contributed by atoms with Crippen LogP contribution in [0.5, 0.6) is 0 Å². The molecule has 1 rings (SSSR count). The monoisotopic (exact) mass is 330 g/mol. The molecule has 3 nitrogen and oxygen atoms in total. The van der Waals surface area contributed by atoms with Gasteiger partial charge in [0, 0.05) is 13.2 Å². The maximum Gasteiger partial charge on any atom is -1.00 e. The summed E-state index contributed by atoms with van der Waals surface area (Å²) in [5.74, 6) is -0.0500. The molecule has 5 heteroatoms. The molecule has 0 saturated carbocycles. The third-order valence-electron chi connectivity index (χ3n) is 1.76. The van der Waals surface area contributed by atoms with Crippen molar-refractivity contribution < 1.29 is 49.6 Å². The summed E-state index contributed by atoms with van der Waals surface area (Å²) in [5.41, 5.74) is 0. The van der Waals surface area contributed by atoms with Crippen molar-refractivity contribution in [2.75, 3.05) is 19.8 Å². The van der Waals surface area contributed by atoms with Crippen LogP contribution in [0.15, 0.2) is 0 Å². The Labute approximate surface area is 113 Å². The zero-order chi connectivity index (χ0) is 10.6. The standard InChI is InChI=1S/C6H11O2.C4H8O.BrH.Zn/c1-3-5-6(7)8-4-2;1-2-4-5-3-1;;/h1,3-5H2,2H3;1-4H2;1H;/q;;;+1/p-1. The molecule has 0 aromatic carbocycles. The van der Waals surface area contributed by atoms with Crippen molar-refractivity contribution in [1.82, 2.24) is 0 Å². The molecular formula is C10H19BrO3Zn. The van der Waals surface area contributed by atoms with Crippen molar-refractivity contribution in [3.63, 3.8) is 0 Å². The van der Waals surface area contributed by atoms with Gasteiger partial charge in [-0.05, 0) is 12.8 Å². The average molecular weight is 333 g/mol. The molecule has 0 aromatic rings. The van der Waals surface area contributed by atoms with Crippen molar-refractivity contribution >= 4 is 5.97 Å². The minimum absolute atomic E-state index is 0. The van der Waals surface area contributed by atoms with Crippen molar-refractivity contribution in [2.45, 2.75) is 37.6 Å². The molecule has 15 heavy (non-hydrogen) atoms. The molecule has 1 fully saturated rings. The fourth-order valence-electron chi connectivity index (χ4n) is 1.01. The van der Waals surface area contributed by atoms with Crippen LogP contribution in [0.1, 0.15) is 32.6 Å². The molecule has 0 bridgehead atoms. The van der Waals surface area contributed by atoms with Gasteiger partial charge in [-0.1, -0.05) is 0 Å². The zero-order valence-corrected chi connectivity index (χ0v) is 14.0. The van der Waals surface area contributed by atoms with Gasteiger partial charge in [-0.3, -0.25) is 0 Å². The van der Waals surface area contributed by atoms with E-state index in [1.54, 1.807) is 0 Å². The van der Waals surface area contributed by atoms with E-state index in [2.05, 4.69) is 0 Å². The Morgan fingerprint density at radius 2 is 2.00 bits per heavy atom. The van der Waals surface area contributed by atoms with Crippen LogP contribution in [-0.2, 0) is 32.6 Å². The summed E-state index contributed by atoms with van der Waals surface area (Å²) in [7, 11) is 0. The van der Waals surface area contributed by atoms with E-state index >= 15 is 0 Å². The third-order valence-corrected chi connectivity index (χ3v) is 2.81. The quantitative estimate of drug-likeness (QED) is 0.494. The Hall–Kier alpha value is 0.533. The Bertz CT molecular complexity index is 133. The topological polar surface area (TPSA) is 35.5 Å². The van der Waals surface area contributed by atoms with E-state index < -0.39 is 0 Å². The van der Waals surface area contributed by atoms with Crippen LogP contribution in [0.25, 0.3) is 0 Å². The summed E-state index contributed by atoms with van der Waals surface area (Å²) in [5, 5.41) is 1.18. The summed E-state index contributed by atoms with van der Waals surface area (Å²) >= 11 is 1.28. The maximum absolute atomic E-state index is 10.6. The van der Waals surface area contributed by atoms with Crippen molar-refractivity contribution in [3.05, 3.63) is 0 Å². The van der Waals surface area contributed by atoms with Crippen LogP contribution >= 0.6 is 0 Å². The molecule has 0 unspecified atom stereocenters. The third kappa shape index (κ3) is 14.5. The first-order valence-electron chi connectivity index (χ1n) is 5.33. The molecule has 0 radical (unpaired) electrons. The minimum Gasteiger partial charge on any atom is -1.00 e. The number of hydrogen-bond donors (Lipinski definition) is 0. The van der Waals surface area contributed by atoms with Crippen LogP contribution in [-0.4, -0.2) is 25.8 Å². The van der Waals surface area contributed by atoms with Crippen LogP contribution in [0, 0.1) is 0 Å². The summed E-state index contributed by atoms with van der Waals surface area (Å²) in [4.78, 5) is 10.6. The number of carbonyl (C=O) groups is 1. The van der Waals surface area contributed by atoms with E-state index in [1.165, 1.54) is 36.2 Å². The number of carbonyl (C=O) groups excluding carboxylic acids is 1. The Balaban J connectivity index is 0. The predicted octanol–water partition coefficient (Wildman–Crippen LogP) is -0.904. The second kappa shape index (κ2) is 14.5. The normalized spacial score (nSPS) is 13.5. The molecule has 0 aliphatic carbocycles. The molecule has 1 aliphatic rings. The summed E-state index contributed by atoms with van der Waals surface area (Å²) in [6.45, 7) is 4.34. The van der Waals surface area contributed by atoms with Gasteiger partial charge in [0.05, 0.1) is 0 Å². The first-order valence-corrected chi connectivity index (χ1v) is 7.43. The van der Waals surface area contributed by atoms with Gasteiger partial charge in [-0.2, -0.15) is 0 Å². The smallest absolute Gasteiger partial charge is 1.00 e. The van der Waals surface area contributed by atoms with Gasteiger partial charge in [0.1, 0.15) is 0 Å². The maximum atomic E-state index is 10.6. The van der Waals surface area contributed by atoms with E-state index in [0.29, 0.717) is 13.0 Å². The summed E-state index contributed by atoms with van der Waals surface area (Å²) in [6, 6.07) is 0.